The van der Waals surface area contributed by atoms with Crippen molar-refractivity contribution < 1.29 is 14.6 Å². The molecule has 3 rings (SSSR count). The van der Waals surface area contributed by atoms with Crippen molar-refractivity contribution >= 4 is 45.8 Å². The van der Waals surface area contributed by atoms with Gasteiger partial charge in [0.1, 0.15) is 12.4 Å². The van der Waals surface area contributed by atoms with E-state index in [-0.39, 0.29) is 24.1 Å². The molecule has 0 saturated heterocycles. The van der Waals surface area contributed by atoms with Crippen LogP contribution < -0.4 is 5.43 Å². The first-order valence-electron chi connectivity index (χ1n) is 8.12. The number of benzene rings is 2. The van der Waals surface area contributed by atoms with Gasteiger partial charge in [0.2, 0.25) is 11.1 Å². The van der Waals surface area contributed by atoms with Gasteiger partial charge in [-0.1, -0.05) is 58.0 Å². The number of aromatic nitrogens is 3. The van der Waals surface area contributed by atoms with Gasteiger partial charge in [-0.15, -0.1) is 5.10 Å². The Morgan fingerprint density at radius 2 is 2.14 bits per heavy atom. The van der Waals surface area contributed by atoms with Crippen molar-refractivity contribution in [1.29, 1.82) is 0 Å². The number of aromatic hydroxyl groups is 1. The zero-order valence-corrected chi connectivity index (χ0v) is 16.9. The van der Waals surface area contributed by atoms with Crippen LogP contribution in [-0.4, -0.2) is 38.2 Å². The summed E-state index contributed by atoms with van der Waals surface area (Å²) < 4.78 is 6.02. The third-order valence-corrected chi connectivity index (χ3v) is 4.70. The summed E-state index contributed by atoms with van der Waals surface area (Å²) in [5, 5.41) is 20.8. The fourth-order valence-corrected chi connectivity index (χ4v) is 3.03. The van der Waals surface area contributed by atoms with Gasteiger partial charge >= 0.3 is 5.97 Å². The number of esters is 1. The zero-order chi connectivity index (χ0) is 19.8. The molecule has 2 aromatic carbocycles. The fraction of sp³-hybridized carbons (Fsp3) is 0.111. The highest BCUT2D eigenvalue weighted by atomic mass is 79.9. The number of thioether (sulfide) groups is 1. The van der Waals surface area contributed by atoms with Crippen LogP contribution in [0.1, 0.15) is 11.1 Å². The Morgan fingerprint density at radius 3 is 2.96 bits per heavy atom. The molecule has 28 heavy (non-hydrogen) atoms. The van der Waals surface area contributed by atoms with Gasteiger partial charge in [-0.25, -0.2) is 10.5 Å². The summed E-state index contributed by atoms with van der Waals surface area (Å²) in [6.07, 6.45) is 1.45. The fourth-order valence-electron chi connectivity index (χ4n) is 2.06. The van der Waals surface area contributed by atoms with Crippen LogP contribution in [0.5, 0.6) is 5.75 Å². The number of hydrogen-bond acceptors (Lipinski definition) is 8. The van der Waals surface area contributed by atoms with E-state index in [1.54, 1.807) is 18.2 Å². The Labute approximate surface area is 173 Å². The largest absolute Gasteiger partial charge is 0.507 e. The number of rotatable bonds is 8. The maximum absolute atomic E-state index is 11.8. The minimum Gasteiger partial charge on any atom is -0.507 e. The Balaban J connectivity index is 1.44. The zero-order valence-electron chi connectivity index (χ0n) is 14.5. The van der Waals surface area contributed by atoms with Crippen LogP contribution in [0.3, 0.4) is 0 Å². The lowest BCUT2D eigenvalue weighted by Gasteiger charge is -2.03. The molecule has 0 fully saturated rings. The molecule has 1 aromatic heterocycles. The summed E-state index contributed by atoms with van der Waals surface area (Å²) in [7, 11) is 0. The number of H-pyrrole nitrogens is 1. The van der Waals surface area contributed by atoms with Crippen LogP contribution in [0.2, 0.25) is 0 Å². The number of carbonyl (C=O) groups is 1. The van der Waals surface area contributed by atoms with Gasteiger partial charge in [-0.2, -0.15) is 10.1 Å². The number of phenols is 1. The lowest BCUT2D eigenvalue weighted by Crippen LogP contribution is -2.07. The molecule has 3 N–H and O–H groups in total. The van der Waals surface area contributed by atoms with Gasteiger partial charge in [-0.3, -0.25) is 4.79 Å². The number of nitrogens with one attached hydrogen (secondary N) is 2. The van der Waals surface area contributed by atoms with E-state index in [0.717, 1.165) is 21.8 Å². The topological polar surface area (TPSA) is 112 Å². The molecule has 0 aliphatic carbocycles. The standard InChI is InChI=1S/C18H16BrN5O3S/c19-14-6-7-15(25)13(8-14)9-20-22-17-21-18(24-23-17)28-11-16(26)27-10-12-4-2-1-3-5-12/h1-9,25H,10-11H2,(H2,21,22,23,24)/b20-9+. The van der Waals surface area contributed by atoms with Crippen molar-refractivity contribution in [3.05, 3.63) is 64.1 Å². The average molecular weight is 462 g/mol. The number of phenolic OH excluding ortho intramolecular Hbond substituents is 1. The summed E-state index contributed by atoms with van der Waals surface area (Å²) in [6, 6.07) is 14.5. The van der Waals surface area contributed by atoms with Crippen LogP contribution in [0.15, 0.2) is 63.3 Å². The Morgan fingerprint density at radius 1 is 1.32 bits per heavy atom. The van der Waals surface area contributed by atoms with Crippen LogP contribution in [0, 0.1) is 0 Å². The highest BCUT2D eigenvalue weighted by molar-refractivity contribution is 9.10. The molecular weight excluding hydrogens is 446 g/mol. The number of nitrogens with zero attached hydrogens (tertiary/aromatic N) is 3. The number of carbonyl (C=O) groups excluding carboxylic acids is 1. The molecule has 0 radical (unpaired) electrons. The summed E-state index contributed by atoms with van der Waals surface area (Å²) in [6.45, 7) is 0.234. The smallest absolute Gasteiger partial charge is 0.316 e. The summed E-state index contributed by atoms with van der Waals surface area (Å²) in [5.41, 5.74) is 4.15. The molecule has 3 aromatic rings. The molecule has 144 valence electrons. The first kappa shape index (κ1) is 19.9. The van der Waals surface area contributed by atoms with E-state index in [1.807, 2.05) is 30.3 Å². The van der Waals surface area contributed by atoms with E-state index in [1.165, 1.54) is 6.21 Å². The lowest BCUT2D eigenvalue weighted by atomic mass is 10.2. The van der Waals surface area contributed by atoms with Gasteiger partial charge in [0.25, 0.3) is 0 Å². The molecule has 0 bridgehead atoms. The summed E-state index contributed by atoms with van der Waals surface area (Å²) in [5.74, 6) is 0.165. The third kappa shape index (κ3) is 6.10. The van der Waals surface area contributed by atoms with Crippen molar-refractivity contribution in [2.24, 2.45) is 5.10 Å². The Bertz CT molecular complexity index is 965. The van der Waals surface area contributed by atoms with Gasteiger partial charge in [0.15, 0.2) is 0 Å². The second-order valence-corrected chi connectivity index (χ2v) is 7.33. The molecular formula is C18H16BrN5O3S. The van der Waals surface area contributed by atoms with Crippen LogP contribution in [-0.2, 0) is 16.1 Å². The Kier molecular flexibility index (Phi) is 7.04. The SMILES string of the molecule is O=C(CSc1n[nH]c(N/N=C/c2cc(Br)ccc2O)n1)OCc1ccccc1. The van der Waals surface area contributed by atoms with E-state index < -0.39 is 0 Å². The van der Waals surface area contributed by atoms with Crippen molar-refractivity contribution in [3.63, 3.8) is 0 Å². The maximum Gasteiger partial charge on any atom is 0.316 e. The van der Waals surface area contributed by atoms with Gasteiger partial charge in [0.05, 0.1) is 12.0 Å². The quantitative estimate of drug-likeness (QED) is 0.203. The highest BCUT2D eigenvalue weighted by Gasteiger charge is 2.09. The minimum atomic E-state index is -0.351. The van der Waals surface area contributed by atoms with E-state index in [9.17, 15) is 9.90 Å². The van der Waals surface area contributed by atoms with Crippen molar-refractivity contribution in [1.82, 2.24) is 15.2 Å². The van der Waals surface area contributed by atoms with Crippen LogP contribution in [0.4, 0.5) is 5.95 Å². The number of ether oxygens (including phenoxy) is 1. The molecule has 0 amide bonds. The molecule has 0 aliphatic heterocycles. The average Bonchev–Trinajstić information content (AvgIpc) is 3.16. The van der Waals surface area contributed by atoms with Crippen LogP contribution >= 0.6 is 27.7 Å². The first-order valence-corrected chi connectivity index (χ1v) is 9.90. The van der Waals surface area contributed by atoms with Gasteiger partial charge in [0, 0.05) is 10.0 Å². The Hall–Kier alpha value is -2.85. The molecule has 0 unspecified atom stereocenters. The molecule has 1 heterocycles. The predicted octanol–water partition coefficient (Wildman–Crippen LogP) is 3.55. The number of hydrazone groups is 1. The number of halogens is 1. The first-order chi connectivity index (χ1) is 13.6. The molecule has 0 atom stereocenters. The molecule has 8 nitrogen and oxygen atoms in total. The normalized spacial score (nSPS) is 10.9. The van der Waals surface area contributed by atoms with E-state index >= 15 is 0 Å². The third-order valence-electron chi connectivity index (χ3n) is 3.39. The molecule has 0 spiro atoms. The number of anilines is 1. The molecule has 10 heteroatoms. The number of aromatic amines is 1. The predicted molar refractivity (Wildman–Crippen MR) is 110 cm³/mol. The van der Waals surface area contributed by atoms with Crippen LogP contribution in [0.25, 0.3) is 0 Å². The number of hydrogen-bond donors (Lipinski definition) is 3. The maximum atomic E-state index is 11.8. The second kappa shape index (κ2) is 9.90. The highest BCUT2D eigenvalue weighted by Crippen LogP contribution is 2.20. The summed E-state index contributed by atoms with van der Waals surface area (Å²) >= 11 is 4.48. The van der Waals surface area contributed by atoms with Crippen molar-refractivity contribution in [2.75, 3.05) is 11.2 Å². The van der Waals surface area contributed by atoms with E-state index in [2.05, 4.69) is 41.6 Å². The van der Waals surface area contributed by atoms with Crippen molar-refractivity contribution in [2.45, 2.75) is 11.8 Å². The molecule has 0 saturated carbocycles. The minimum absolute atomic E-state index is 0.0965. The van der Waals surface area contributed by atoms with E-state index in [0.29, 0.717) is 16.7 Å². The summed E-state index contributed by atoms with van der Waals surface area (Å²) in [4.78, 5) is 16.0. The van der Waals surface area contributed by atoms with Gasteiger partial charge in [-0.05, 0) is 23.8 Å². The second-order valence-electron chi connectivity index (χ2n) is 5.47. The lowest BCUT2D eigenvalue weighted by molar-refractivity contribution is -0.141. The molecule has 0 aliphatic rings. The van der Waals surface area contributed by atoms with Gasteiger partial charge < -0.3 is 9.84 Å². The van der Waals surface area contributed by atoms with Crippen molar-refractivity contribution in [3.8, 4) is 5.75 Å². The van der Waals surface area contributed by atoms with E-state index in [4.69, 9.17) is 4.74 Å². The monoisotopic (exact) mass is 461 g/mol.